The molecule has 0 amide bonds. The molecule has 1 aromatic carbocycles. The summed E-state index contributed by atoms with van der Waals surface area (Å²) in [6.45, 7) is 6.77. The number of imidazole rings is 1. The zero-order valence-corrected chi connectivity index (χ0v) is 14.5. The Morgan fingerprint density at radius 1 is 1.32 bits per heavy atom. The third-order valence-electron chi connectivity index (χ3n) is 4.99. The predicted molar refractivity (Wildman–Crippen MR) is 93.4 cm³/mol. The maximum Gasteiger partial charge on any atom is 0.137 e. The van der Waals surface area contributed by atoms with E-state index < -0.39 is 0 Å². The number of nitrogens with zero attached hydrogens (tertiary/aromatic N) is 6. The van der Waals surface area contributed by atoms with Gasteiger partial charge in [0.15, 0.2) is 0 Å². The van der Waals surface area contributed by atoms with Crippen molar-refractivity contribution in [2.45, 2.75) is 39.4 Å². The van der Waals surface area contributed by atoms with Gasteiger partial charge in [0, 0.05) is 25.7 Å². The second-order valence-electron chi connectivity index (χ2n) is 6.77. The van der Waals surface area contributed by atoms with Crippen molar-refractivity contribution >= 4 is 11.0 Å². The van der Waals surface area contributed by atoms with Crippen LogP contribution in [0.2, 0.25) is 0 Å². The highest BCUT2D eigenvalue weighted by molar-refractivity contribution is 5.76. The summed E-state index contributed by atoms with van der Waals surface area (Å²) in [5, 5.41) is 4.22. The number of aromatic nitrogens is 5. The third kappa shape index (κ3) is 3.42. The van der Waals surface area contributed by atoms with Crippen molar-refractivity contribution in [1.29, 1.82) is 0 Å². The van der Waals surface area contributed by atoms with Gasteiger partial charge in [0.1, 0.15) is 24.3 Å². The lowest BCUT2D eigenvalue weighted by Crippen LogP contribution is -2.37. The molecule has 4 rings (SSSR count). The SMILES string of the molecule is CCn1c(CN2CCC[C@@H](Cn3cncn3)C2)nc2cc(F)ccc21. The minimum atomic E-state index is -0.231. The van der Waals surface area contributed by atoms with Gasteiger partial charge < -0.3 is 4.57 Å². The van der Waals surface area contributed by atoms with Crippen molar-refractivity contribution in [3.05, 3.63) is 42.5 Å². The van der Waals surface area contributed by atoms with E-state index in [1.54, 1.807) is 12.7 Å². The molecule has 0 bridgehead atoms. The zero-order valence-electron chi connectivity index (χ0n) is 14.5. The van der Waals surface area contributed by atoms with Crippen LogP contribution in [0.4, 0.5) is 4.39 Å². The minimum absolute atomic E-state index is 0.231. The van der Waals surface area contributed by atoms with Gasteiger partial charge >= 0.3 is 0 Å². The van der Waals surface area contributed by atoms with Crippen LogP contribution in [0.5, 0.6) is 0 Å². The van der Waals surface area contributed by atoms with E-state index >= 15 is 0 Å². The molecule has 6 nitrogen and oxygen atoms in total. The van der Waals surface area contributed by atoms with Crippen LogP contribution >= 0.6 is 0 Å². The molecule has 3 heterocycles. The fourth-order valence-electron chi connectivity index (χ4n) is 3.86. The highest BCUT2D eigenvalue weighted by Crippen LogP contribution is 2.22. The lowest BCUT2D eigenvalue weighted by atomic mass is 9.98. The predicted octanol–water partition coefficient (Wildman–Crippen LogP) is 2.70. The molecule has 25 heavy (non-hydrogen) atoms. The van der Waals surface area contributed by atoms with Gasteiger partial charge in [-0.05, 0) is 44.4 Å². The van der Waals surface area contributed by atoms with Gasteiger partial charge in [-0.2, -0.15) is 5.10 Å². The number of rotatable bonds is 5. The summed E-state index contributed by atoms with van der Waals surface area (Å²) in [5.74, 6) is 1.36. The Hall–Kier alpha value is -2.28. The summed E-state index contributed by atoms with van der Waals surface area (Å²) < 4.78 is 17.6. The number of halogens is 1. The molecule has 1 atom stereocenters. The maximum absolute atomic E-state index is 13.5. The largest absolute Gasteiger partial charge is 0.327 e. The van der Waals surface area contributed by atoms with Gasteiger partial charge in [0.05, 0.1) is 17.6 Å². The van der Waals surface area contributed by atoms with E-state index in [0.29, 0.717) is 5.92 Å². The number of piperidine rings is 1. The average Bonchev–Trinajstić information content (AvgIpc) is 3.22. The van der Waals surface area contributed by atoms with Gasteiger partial charge in [-0.25, -0.2) is 14.4 Å². The van der Waals surface area contributed by atoms with Crippen LogP contribution in [0.3, 0.4) is 0 Å². The minimum Gasteiger partial charge on any atom is -0.327 e. The molecule has 0 saturated carbocycles. The van der Waals surface area contributed by atoms with Crippen molar-refractivity contribution in [2.24, 2.45) is 5.92 Å². The van der Waals surface area contributed by atoms with Crippen molar-refractivity contribution in [3.63, 3.8) is 0 Å². The van der Waals surface area contributed by atoms with Gasteiger partial charge in [0.2, 0.25) is 0 Å². The molecule has 2 aromatic heterocycles. The Morgan fingerprint density at radius 3 is 3.04 bits per heavy atom. The van der Waals surface area contributed by atoms with Crippen molar-refractivity contribution in [3.8, 4) is 0 Å². The number of likely N-dealkylation sites (tertiary alicyclic amines) is 1. The van der Waals surface area contributed by atoms with E-state index in [0.717, 1.165) is 49.6 Å². The fraction of sp³-hybridized carbons (Fsp3) is 0.500. The van der Waals surface area contributed by atoms with Crippen LogP contribution < -0.4 is 0 Å². The van der Waals surface area contributed by atoms with E-state index in [1.165, 1.54) is 25.0 Å². The summed E-state index contributed by atoms with van der Waals surface area (Å²) in [4.78, 5) is 11.2. The van der Waals surface area contributed by atoms with Gasteiger partial charge in [-0.1, -0.05) is 0 Å². The van der Waals surface area contributed by atoms with E-state index in [-0.39, 0.29) is 5.82 Å². The first-order chi connectivity index (χ1) is 12.2. The number of aryl methyl sites for hydroxylation is 1. The zero-order chi connectivity index (χ0) is 17.2. The normalized spacial score (nSPS) is 18.9. The lowest BCUT2D eigenvalue weighted by molar-refractivity contribution is 0.149. The van der Waals surface area contributed by atoms with Crippen molar-refractivity contribution < 1.29 is 4.39 Å². The first kappa shape index (κ1) is 16.2. The Balaban J connectivity index is 1.50. The number of hydrogen-bond donors (Lipinski definition) is 0. The molecule has 0 radical (unpaired) electrons. The molecule has 132 valence electrons. The smallest absolute Gasteiger partial charge is 0.137 e. The first-order valence-electron chi connectivity index (χ1n) is 8.92. The first-order valence-corrected chi connectivity index (χ1v) is 8.92. The van der Waals surface area contributed by atoms with Gasteiger partial charge in [-0.15, -0.1) is 0 Å². The van der Waals surface area contributed by atoms with Crippen molar-refractivity contribution in [2.75, 3.05) is 13.1 Å². The average molecular weight is 342 g/mol. The second kappa shape index (κ2) is 6.92. The summed E-state index contributed by atoms with van der Waals surface area (Å²) in [5.41, 5.74) is 1.75. The monoisotopic (exact) mass is 342 g/mol. The molecule has 0 spiro atoms. The molecule has 1 aliphatic heterocycles. The Kier molecular flexibility index (Phi) is 4.48. The quantitative estimate of drug-likeness (QED) is 0.715. The Morgan fingerprint density at radius 2 is 2.24 bits per heavy atom. The number of fused-ring (bicyclic) bond motifs is 1. The van der Waals surface area contributed by atoms with E-state index in [2.05, 4.69) is 26.5 Å². The maximum atomic E-state index is 13.5. The molecule has 1 aliphatic rings. The van der Waals surface area contributed by atoms with Crippen LogP contribution in [0.25, 0.3) is 11.0 Å². The highest BCUT2D eigenvalue weighted by atomic mass is 19.1. The second-order valence-corrected chi connectivity index (χ2v) is 6.77. The van der Waals surface area contributed by atoms with E-state index in [4.69, 9.17) is 4.98 Å². The Labute approximate surface area is 146 Å². The van der Waals surface area contributed by atoms with Crippen LogP contribution in [0.1, 0.15) is 25.6 Å². The molecule has 7 heteroatoms. The summed E-state index contributed by atoms with van der Waals surface area (Å²) >= 11 is 0. The lowest BCUT2D eigenvalue weighted by Gasteiger charge is -2.32. The molecule has 0 N–H and O–H groups in total. The van der Waals surface area contributed by atoms with Crippen LogP contribution in [-0.2, 0) is 19.6 Å². The molecule has 0 aliphatic carbocycles. The summed E-state index contributed by atoms with van der Waals surface area (Å²) in [6.07, 6.45) is 5.76. The fourth-order valence-corrected chi connectivity index (χ4v) is 3.86. The molecule has 1 fully saturated rings. The summed E-state index contributed by atoms with van der Waals surface area (Å²) in [6, 6.07) is 4.86. The molecular formula is C18H23FN6. The van der Waals surface area contributed by atoms with E-state index in [1.807, 2.05) is 10.7 Å². The van der Waals surface area contributed by atoms with E-state index in [9.17, 15) is 4.39 Å². The molecular weight excluding hydrogens is 319 g/mol. The molecule has 1 saturated heterocycles. The van der Waals surface area contributed by atoms with Crippen LogP contribution in [0.15, 0.2) is 30.9 Å². The third-order valence-corrected chi connectivity index (χ3v) is 4.99. The Bertz CT molecular complexity index is 841. The summed E-state index contributed by atoms with van der Waals surface area (Å²) in [7, 11) is 0. The molecule has 0 unspecified atom stereocenters. The van der Waals surface area contributed by atoms with Crippen LogP contribution in [-0.4, -0.2) is 42.3 Å². The van der Waals surface area contributed by atoms with Gasteiger partial charge in [0.25, 0.3) is 0 Å². The molecule has 3 aromatic rings. The highest BCUT2D eigenvalue weighted by Gasteiger charge is 2.22. The van der Waals surface area contributed by atoms with Gasteiger partial charge in [-0.3, -0.25) is 9.58 Å². The topological polar surface area (TPSA) is 51.8 Å². The van der Waals surface area contributed by atoms with Crippen molar-refractivity contribution in [1.82, 2.24) is 29.2 Å². The van der Waals surface area contributed by atoms with Crippen LogP contribution in [0, 0.1) is 11.7 Å². The standard InChI is InChI=1S/C18H23FN6/c1-2-25-17-6-5-15(19)8-16(17)22-18(25)11-23-7-3-4-14(9-23)10-24-13-20-12-21-24/h5-6,8,12-14H,2-4,7,9-11H2,1H3/t14-/m1/s1. The number of hydrogen-bond acceptors (Lipinski definition) is 4. The number of benzene rings is 1.